The highest BCUT2D eigenvalue weighted by Crippen LogP contribution is 2.27. The monoisotopic (exact) mass is 334 g/mol. The molecule has 24 heavy (non-hydrogen) atoms. The zero-order valence-electron chi connectivity index (χ0n) is 13.8. The number of nitrogens with zero attached hydrogens (tertiary/aromatic N) is 3. The Morgan fingerprint density at radius 1 is 1.17 bits per heavy atom. The van der Waals surface area contributed by atoms with Crippen LogP contribution in [0.25, 0.3) is 0 Å². The van der Waals surface area contributed by atoms with Crippen LogP contribution >= 0.6 is 0 Å². The maximum atomic E-state index is 13.1. The molecule has 2 aliphatic heterocycles. The molecule has 0 radical (unpaired) electrons. The van der Waals surface area contributed by atoms with E-state index >= 15 is 0 Å². The second kappa shape index (κ2) is 6.76. The van der Waals surface area contributed by atoms with Crippen LogP contribution in [0.15, 0.2) is 24.3 Å². The fraction of sp³-hybridized carbons (Fsp3) is 0.529. The van der Waals surface area contributed by atoms with Crippen molar-refractivity contribution in [3.63, 3.8) is 0 Å². The van der Waals surface area contributed by atoms with E-state index in [2.05, 4.69) is 0 Å². The third-order valence-electron chi connectivity index (χ3n) is 5.01. The SMILES string of the molecule is CN1CCN(C2CCN([C@H](C(N)=O)c3ccc(F)cc3)CC2)C1=O. The van der Waals surface area contributed by atoms with Gasteiger partial charge in [0.15, 0.2) is 0 Å². The molecule has 2 N–H and O–H groups in total. The Labute approximate surface area is 141 Å². The van der Waals surface area contributed by atoms with Crippen molar-refractivity contribution in [3.8, 4) is 0 Å². The first-order valence-electron chi connectivity index (χ1n) is 8.28. The van der Waals surface area contributed by atoms with E-state index < -0.39 is 11.9 Å². The summed E-state index contributed by atoms with van der Waals surface area (Å²) in [7, 11) is 1.81. The van der Waals surface area contributed by atoms with Crippen LogP contribution in [-0.2, 0) is 4.79 Å². The Morgan fingerprint density at radius 2 is 1.79 bits per heavy atom. The maximum Gasteiger partial charge on any atom is 0.320 e. The smallest absolute Gasteiger partial charge is 0.320 e. The summed E-state index contributed by atoms with van der Waals surface area (Å²) in [6.45, 7) is 2.89. The third-order valence-corrected chi connectivity index (χ3v) is 5.01. The predicted octanol–water partition coefficient (Wildman–Crippen LogP) is 1.18. The van der Waals surface area contributed by atoms with Gasteiger partial charge < -0.3 is 15.5 Å². The number of benzene rings is 1. The highest BCUT2D eigenvalue weighted by molar-refractivity contribution is 5.81. The Morgan fingerprint density at radius 3 is 2.29 bits per heavy atom. The molecule has 2 heterocycles. The number of carbonyl (C=O) groups excluding carboxylic acids is 2. The number of primary amides is 1. The van der Waals surface area contributed by atoms with Crippen molar-refractivity contribution in [2.75, 3.05) is 33.2 Å². The van der Waals surface area contributed by atoms with Crippen LogP contribution in [-0.4, -0.2) is 65.9 Å². The summed E-state index contributed by atoms with van der Waals surface area (Å²) < 4.78 is 13.1. The molecule has 2 saturated heterocycles. The number of piperidine rings is 1. The van der Waals surface area contributed by atoms with Crippen LogP contribution in [0.3, 0.4) is 0 Å². The number of likely N-dealkylation sites (N-methyl/N-ethyl adjacent to an activating group) is 1. The Kier molecular flexibility index (Phi) is 4.71. The molecule has 0 unspecified atom stereocenters. The molecule has 0 saturated carbocycles. The van der Waals surface area contributed by atoms with Gasteiger partial charge in [0.05, 0.1) is 0 Å². The van der Waals surface area contributed by atoms with Crippen molar-refractivity contribution < 1.29 is 14.0 Å². The molecular weight excluding hydrogens is 311 g/mol. The Bertz CT molecular complexity index is 614. The number of halogens is 1. The lowest BCUT2D eigenvalue weighted by Gasteiger charge is -2.39. The number of hydrogen-bond acceptors (Lipinski definition) is 3. The van der Waals surface area contributed by atoms with Gasteiger partial charge in [0.2, 0.25) is 5.91 Å². The molecule has 7 heteroatoms. The Hall–Kier alpha value is -2.15. The molecule has 6 nitrogen and oxygen atoms in total. The minimum absolute atomic E-state index is 0.0819. The minimum Gasteiger partial charge on any atom is -0.368 e. The highest BCUT2D eigenvalue weighted by atomic mass is 19.1. The summed E-state index contributed by atoms with van der Waals surface area (Å²) in [6.07, 6.45) is 1.62. The lowest BCUT2D eigenvalue weighted by molar-refractivity contribution is -0.124. The van der Waals surface area contributed by atoms with Gasteiger partial charge in [-0.05, 0) is 30.5 Å². The van der Waals surface area contributed by atoms with Crippen molar-refractivity contribution in [1.82, 2.24) is 14.7 Å². The molecule has 0 bridgehead atoms. The summed E-state index contributed by atoms with van der Waals surface area (Å²) >= 11 is 0. The molecule has 0 aliphatic carbocycles. The van der Waals surface area contributed by atoms with E-state index in [-0.39, 0.29) is 17.9 Å². The van der Waals surface area contributed by atoms with Crippen molar-refractivity contribution >= 4 is 11.9 Å². The van der Waals surface area contributed by atoms with Crippen LogP contribution in [0.1, 0.15) is 24.4 Å². The lowest BCUT2D eigenvalue weighted by Crippen LogP contribution is -2.49. The highest BCUT2D eigenvalue weighted by Gasteiger charge is 2.36. The van der Waals surface area contributed by atoms with E-state index in [1.54, 1.807) is 17.0 Å². The van der Waals surface area contributed by atoms with Gasteiger partial charge in [-0.3, -0.25) is 9.69 Å². The first kappa shape index (κ1) is 16.7. The van der Waals surface area contributed by atoms with E-state index in [4.69, 9.17) is 5.73 Å². The Balaban J connectivity index is 1.67. The summed E-state index contributed by atoms with van der Waals surface area (Å²) in [5.41, 5.74) is 6.30. The third kappa shape index (κ3) is 3.21. The fourth-order valence-corrected chi connectivity index (χ4v) is 3.66. The number of carbonyl (C=O) groups is 2. The zero-order valence-corrected chi connectivity index (χ0v) is 13.8. The molecule has 1 aromatic rings. The summed E-state index contributed by atoms with van der Waals surface area (Å²) in [4.78, 5) is 29.7. The average Bonchev–Trinajstić information content (AvgIpc) is 2.89. The van der Waals surface area contributed by atoms with Crippen LogP contribution in [0.4, 0.5) is 9.18 Å². The van der Waals surface area contributed by atoms with Gasteiger partial charge in [0.1, 0.15) is 11.9 Å². The minimum atomic E-state index is -0.552. The van der Waals surface area contributed by atoms with Gasteiger partial charge >= 0.3 is 6.03 Å². The molecule has 0 aromatic heterocycles. The number of nitrogens with two attached hydrogens (primary N) is 1. The standard InChI is InChI=1S/C17H23FN4O2/c1-20-10-11-22(17(20)24)14-6-8-21(9-7-14)15(16(19)23)12-2-4-13(18)5-3-12/h2-5,14-15H,6-11H2,1H3,(H2,19,23)/t15-/m0/s1. The molecule has 130 valence electrons. The van der Waals surface area contributed by atoms with Crippen LogP contribution in [0, 0.1) is 5.82 Å². The zero-order chi connectivity index (χ0) is 17.3. The predicted molar refractivity (Wildman–Crippen MR) is 87.7 cm³/mol. The molecule has 1 aromatic carbocycles. The maximum absolute atomic E-state index is 13.1. The van der Waals surface area contributed by atoms with Crippen molar-refractivity contribution in [2.24, 2.45) is 5.73 Å². The summed E-state index contributed by atoms with van der Waals surface area (Å²) in [5.74, 6) is -0.769. The molecule has 0 spiro atoms. The largest absolute Gasteiger partial charge is 0.368 e. The van der Waals surface area contributed by atoms with Crippen LogP contribution < -0.4 is 5.73 Å². The number of amides is 3. The van der Waals surface area contributed by atoms with E-state index in [0.717, 1.165) is 25.9 Å². The van der Waals surface area contributed by atoms with E-state index in [9.17, 15) is 14.0 Å². The quantitative estimate of drug-likeness (QED) is 0.899. The van der Waals surface area contributed by atoms with E-state index in [1.165, 1.54) is 12.1 Å². The van der Waals surface area contributed by atoms with Crippen LogP contribution in [0.5, 0.6) is 0 Å². The molecule has 3 rings (SSSR count). The number of urea groups is 1. The summed E-state index contributed by atoms with van der Waals surface area (Å²) in [6, 6.07) is 5.64. The second-order valence-corrected chi connectivity index (χ2v) is 6.52. The van der Waals surface area contributed by atoms with Gasteiger partial charge in [-0.25, -0.2) is 9.18 Å². The second-order valence-electron chi connectivity index (χ2n) is 6.52. The molecule has 2 aliphatic rings. The first-order valence-corrected chi connectivity index (χ1v) is 8.28. The lowest BCUT2D eigenvalue weighted by atomic mass is 9.98. The molecule has 3 amide bonds. The van der Waals surface area contributed by atoms with Gasteiger partial charge in [-0.15, -0.1) is 0 Å². The number of rotatable bonds is 4. The van der Waals surface area contributed by atoms with Crippen molar-refractivity contribution in [3.05, 3.63) is 35.6 Å². The molecular formula is C17H23FN4O2. The average molecular weight is 334 g/mol. The first-order chi connectivity index (χ1) is 11.5. The van der Waals surface area contributed by atoms with Gasteiger partial charge in [0, 0.05) is 39.3 Å². The number of likely N-dealkylation sites (tertiary alicyclic amines) is 1. The van der Waals surface area contributed by atoms with E-state index in [1.807, 2.05) is 16.8 Å². The fourth-order valence-electron chi connectivity index (χ4n) is 3.66. The van der Waals surface area contributed by atoms with E-state index in [0.29, 0.717) is 18.7 Å². The number of hydrogen-bond donors (Lipinski definition) is 1. The topological polar surface area (TPSA) is 69.9 Å². The normalized spacial score (nSPS) is 21.3. The van der Waals surface area contributed by atoms with Gasteiger partial charge in [-0.2, -0.15) is 0 Å². The summed E-state index contributed by atoms with van der Waals surface area (Å²) in [5, 5.41) is 0. The van der Waals surface area contributed by atoms with Crippen LogP contribution in [0.2, 0.25) is 0 Å². The van der Waals surface area contributed by atoms with Crippen molar-refractivity contribution in [2.45, 2.75) is 24.9 Å². The van der Waals surface area contributed by atoms with Gasteiger partial charge in [-0.1, -0.05) is 12.1 Å². The van der Waals surface area contributed by atoms with Crippen molar-refractivity contribution in [1.29, 1.82) is 0 Å². The molecule has 2 fully saturated rings. The van der Waals surface area contributed by atoms with Gasteiger partial charge in [0.25, 0.3) is 0 Å². The molecule has 1 atom stereocenters.